The highest BCUT2D eigenvalue weighted by molar-refractivity contribution is 7.17. The summed E-state index contributed by atoms with van der Waals surface area (Å²) in [4.78, 5) is 18.9. The third-order valence-corrected chi connectivity index (χ3v) is 7.51. The highest BCUT2D eigenvalue weighted by Gasteiger charge is 2.21. The van der Waals surface area contributed by atoms with Crippen molar-refractivity contribution in [3.05, 3.63) is 53.4 Å². The highest BCUT2D eigenvalue weighted by atomic mass is 32.1. The van der Waals surface area contributed by atoms with Crippen LogP contribution < -0.4 is 14.5 Å². The van der Waals surface area contributed by atoms with Gasteiger partial charge in [0, 0.05) is 68.0 Å². The van der Waals surface area contributed by atoms with Crippen molar-refractivity contribution < 1.29 is 9.53 Å². The predicted octanol–water partition coefficient (Wildman–Crippen LogP) is 4.79. The molecule has 2 aromatic carbocycles. The average molecular weight is 450 g/mol. The lowest BCUT2D eigenvalue weighted by Gasteiger charge is -2.36. The summed E-state index contributed by atoms with van der Waals surface area (Å²) < 4.78 is 7.42. The molecule has 0 spiro atoms. The monoisotopic (exact) mass is 449 g/mol. The second-order valence-corrected chi connectivity index (χ2v) is 9.65. The number of anilines is 2. The normalized spacial score (nSPS) is 16.9. The number of nitrogens with zero attached hydrogens (tertiary/aromatic N) is 3. The Morgan fingerprint density at radius 3 is 2.75 bits per heavy atom. The fraction of sp³-hybridized carbons (Fsp3) is 0.423. The number of benzene rings is 2. The van der Waals surface area contributed by atoms with Crippen LogP contribution in [0.1, 0.15) is 25.3 Å². The Morgan fingerprint density at radius 2 is 1.91 bits per heavy atom. The molecule has 0 radical (unpaired) electrons. The van der Waals surface area contributed by atoms with E-state index in [1.54, 1.807) is 6.92 Å². The maximum atomic E-state index is 11.9. The topological polar surface area (TPSA) is 36.0 Å². The summed E-state index contributed by atoms with van der Waals surface area (Å²) >= 11 is 1.82. The van der Waals surface area contributed by atoms with E-state index in [-0.39, 0.29) is 5.91 Å². The van der Waals surface area contributed by atoms with Crippen molar-refractivity contribution in [2.45, 2.75) is 26.2 Å². The molecule has 0 N–H and O–H groups in total. The van der Waals surface area contributed by atoms with Gasteiger partial charge in [-0.2, -0.15) is 0 Å². The Hall–Kier alpha value is -2.57. The summed E-state index contributed by atoms with van der Waals surface area (Å²) in [6.45, 7) is 8.53. The molecule has 1 aromatic heterocycles. The maximum absolute atomic E-state index is 11.9. The molecule has 0 atom stereocenters. The molecule has 1 saturated heterocycles. The van der Waals surface area contributed by atoms with Gasteiger partial charge in [0.15, 0.2) is 0 Å². The summed E-state index contributed by atoms with van der Waals surface area (Å²) in [5.74, 6) is 0.975. The van der Waals surface area contributed by atoms with E-state index >= 15 is 0 Å². The first-order valence-electron chi connectivity index (χ1n) is 11.7. The number of piperazine rings is 1. The molecule has 0 unspecified atom stereocenters. The number of rotatable bonds is 6. The van der Waals surface area contributed by atoms with Crippen LogP contribution in [-0.4, -0.2) is 56.7 Å². The fourth-order valence-electron chi connectivity index (χ4n) is 4.92. The van der Waals surface area contributed by atoms with Crippen LogP contribution >= 0.6 is 11.3 Å². The van der Waals surface area contributed by atoms with Crippen molar-refractivity contribution in [2.75, 3.05) is 55.7 Å². The van der Waals surface area contributed by atoms with Gasteiger partial charge in [-0.15, -0.1) is 11.3 Å². The van der Waals surface area contributed by atoms with Gasteiger partial charge in [-0.1, -0.05) is 12.1 Å². The van der Waals surface area contributed by atoms with Crippen LogP contribution in [0, 0.1) is 0 Å². The van der Waals surface area contributed by atoms with E-state index in [0.717, 1.165) is 70.0 Å². The first-order valence-corrected chi connectivity index (χ1v) is 12.5. The highest BCUT2D eigenvalue weighted by Crippen LogP contribution is 2.32. The number of amides is 1. The van der Waals surface area contributed by atoms with E-state index in [1.807, 2.05) is 28.4 Å². The van der Waals surface area contributed by atoms with Gasteiger partial charge in [-0.25, -0.2) is 0 Å². The van der Waals surface area contributed by atoms with E-state index in [1.165, 1.54) is 21.3 Å². The Balaban J connectivity index is 1.09. The van der Waals surface area contributed by atoms with Crippen molar-refractivity contribution >= 4 is 38.7 Å². The van der Waals surface area contributed by atoms with Crippen molar-refractivity contribution in [3.63, 3.8) is 0 Å². The van der Waals surface area contributed by atoms with Crippen LogP contribution in [0.4, 0.5) is 11.4 Å². The van der Waals surface area contributed by atoms with Gasteiger partial charge in [0.25, 0.3) is 0 Å². The second-order valence-electron chi connectivity index (χ2n) is 8.70. The summed E-state index contributed by atoms with van der Waals surface area (Å²) in [7, 11) is 0. The second kappa shape index (κ2) is 9.51. The van der Waals surface area contributed by atoms with Gasteiger partial charge < -0.3 is 14.5 Å². The van der Waals surface area contributed by atoms with Crippen LogP contribution in [0.2, 0.25) is 0 Å². The van der Waals surface area contributed by atoms with Crippen LogP contribution in [0.5, 0.6) is 5.75 Å². The fourth-order valence-corrected chi connectivity index (χ4v) is 5.72. The van der Waals surface area contributed by atoms with Crippen molar-refractivity contribution in [1.29, 1.82) is 0 Å². The molecule has 3 aromatic rings. The van der Waals surface area contributed by atoms with E-state index < -0.39 is 0 Å². The summed E-state index contributed by atoms with van der Waals surface area (Å²) in [5, 5.41) is 3.57. The molecule has 6 heteroatoms. The van der Waals surface area contributed by atoms with Crippen LogP contribution in [0.3, 0.4) is 0 Å². The van der Waals surface area contributed by atoms with Crippen LogP contribution in [0.25, 0.3) is 10.1 Å². The Kier molecular flexibility index (Phi) is 6.32. The first kappa shape index (κ1) is 21.3. The number of hydrogen-bond acceptors (Lipinski definition) is 5. The van der Waals surface area contributed by atoms with Gasteiger partial charge in [-0.3, -0.25) is 9.69 Å². The van der Waals surface area contributed by atoms with Gasteiger partial charge in [0.2, 0.25) is 5.91 Å². The smallest absolute Gasteiger partial charge is 0.223 e. The third-order valence-electron chi connectivity index (χ3n) is 6.63. The number of aryl methyl sites for hydroxylation is 1. The summed E-state index contributed by atoms with van der Waals surface area (Å²) in [6.07, 6.45) is 3.07. The minimum atomic E-state index is 0.109. The molecule has 2 aliphatic rings. The van der Waals surface area contributed by atoms with Crippen LogP contribution in [-0.2, 0) is 11.2 Å². The maximum Gasteiger partial charge on any atom is 0.223 e. The lowest BCUT2D eigenvalue weighted by Crippen LogP contribution is -2.46. The molecule has 168 valence electrons. The molecule has 5 nitrogen and oxygen atoms in total. The Morgan fingerprint density at radius 1 is 1.03 bits per heavy atom. The minimum Gasteiger partial charge on any atom is -0.493 e. The first-order chi connectivity index (χ1) is 15.7. The van der Waals surface area contributed by atoms with Gasteiger partial charge in [-0.05, 0) is 54.5 Å². The largest absolute Gasteiger partial charge is 0.493 e. The van der Waals surface area contributed by atoms with Crippen molar-refractivity contribution in [1.82, 2.24) is 4.90 Å². The molecular weight excluding hydrogens is 418 g/mol. The number of carbonyl (C=O) groups excluding carboxylic acids is 1. The van der Waals surface area contributed by atoms with E-state index in [9.17, 15) is 4.79 Å². The molecule has 32 heavy (non-hydrogen) atoms. The third kappa shape index (κ3) is 4.48. The zero-order valence-corrected chi connectivity index (χ0v) is 19.6. The number of ether oxygens (including phenoxy) is 1. The zero-order chi connectivity index (χ0) is 21.9. The van der Waals surface area contributed by atoms with E-state index in [4.69, 9.17) is 4.74 Å². The predicted molar refractivity (Wildman–Crippen MR) is 133 cm³/mol. The lowest BCUT2D eigenvalue weighted by molar-refractivity contribution is -0.116. The molecule has 0 bridgehead atoms. The molecule has 3 heterocycles. The summed E-state index contributed by atoms with van der Waals surface area (Å²) in [5.41, 5.74) is 3.64. The average Bonchev–Trinajstić information content (AvgIpc) is 3.31. The molecule has 1 fully saturated rings. The standard InChI is InChI=1S/C26H31N3O2S/c1-20(30)29-12-3-5-21-8-9-22(19-25(21)29)31-17-4-11-27-13-15-28(16-14-27)24-6-2-7-26-23(24)10-18-32-26/h2,6-10,18-19H,3-5,11-17H2,1H3. The Bertz CT molecular complexity index is 1090. The Labute approximate surface area is 194 Å². The number of hydrogen-bond donors (Lipinski definition) is 0. The molecular formula is C26H31N3O2S. The van der Waals surface area contributed by atoms with Gasteiger partial charge in [0.05, 0.1) is 12.3 Å². The van der Waals surface area contributed by atoms with Crippen LogP contribution in [0.15, 0.2) is 47.8 Å². The van der Waals surface area contributed by atoms with Gasteiger partial charge in [0.1, 0.15) is 5.75 Å². The van der Waals surface area contributed by atoms with E-state index in [2.05, 4.69) is 45.5 Å². The molecule has 0 aliphatic carbocycles. The quantitative estimate of drug-likeness (QED) is 0.507. The molecule has 2 aliphatic heterocycles. The van der Waals surface area contributed by atoms with Crippen molar-refractivity contribution in [2.24, 2.45) is 0 Å². The van der Waals surface area contributed by atoms with Gasteiger partial charge >= 0.3 is 0 Å². The number of fused-ring (bicyclic) bond motifs is 2. The lowest BCUT2D eigenvalue weighted by atomic mass is 10.0. The zero-order valence-electron chi connectivity index (χ0n) is 18.8. The molecule has 1 amide bonds. The minimum absolute atomic E-state index is 0.109. The molecule has 5 rings (SSSR count). The number of carbonyl (C=O) groups is 1. The number of thiophene rings is 1. The summed E-state index contributed by atoms with van der Waals surface area (Å²) in [6, 6.07) is 15.1. The van der Waals surface area contributed by atoms with E-state index in [0.29, 0.717) is 6.61 Å². The molecule has 0 saturated carbocycles. The van der Waals surface area contributed by atoms with Crippen molar-refractivity contribution in [3.8, 4) is 5.75 Å². The SMILES string of the molecule is CC(=O)N1CCCc2ccc(OCCCN3CCN(c4cccc5sccc45)CC3)cc21.